The van der Waals surface area contributed by atoms with Gasteiger partial charge in [0.15, 0.2) is 0 Å². The van der Waals surface area contributed by atoms with Crippen molar-refractivity contribution < 1.29 is 4.79 Å². The quantitative estimate of drug-likeness (QED) is 0.918. The molecule has 2 aromatic rings. The van der Waals surface area contributed by atoms with E-state index in [9.17, 15) is 4.79 Å². The number of aromatic nitrogens is 2. The lowest BCUT2D eigenvalue weighted by Crippen LogP contribution is -2.31. The van der Waals surface area contributed by atoms with Crippen LogP contribution in [0.15, 0.2) is 29.9 Å². The molecular weight excluding hydrogens is 246 g/mol. The fraction of sp³-hybridized carbons (Fsp3) is 0.308. The molecule has 0 fully saturated rings. The summed E-state index contributed by atoms with van der Waals surface area (Å²) in [4.78, 5) is 20.1. The smallest absolute Gasteiger partial charge is 0.226 e. The first kappa shape index (κ1) is 12.7. The number of thiazole rings is 1. The molecule has 5 heteroatoms. The Morgan fingerprint density at radius 3 is 3.00 bits per heavy atom. The second-order valence-electron chi connectivity index (χ2n) is 4.28. The highest BCUT2D eigenvalue weighted by Gasteiger charge is 2.09. The molecule has 1 amide bonds. The van der Waals surface area contributed by atoms with Crippen molar-refractivity contribution in [2.24, 2.45) is 0 Å². The summed E-state index contributed by atoms with van der Waals surface area (Å²) >= 11 is 1.53. The third-order valence-electron chi connectivity index (χ3n) is 2.25. The van der Waals surface area contributed by atoms with E-state index in [0.717, 1.165) is 16.3 Å². The summed E-state index contributed by atoms with van der Waals surface area (Å²) in [6, 6.07) is 4.00. The molecule has 0 radical (unpaired) electrons. The summed E-state index contributed by atoms with van der Waals surface area (Å²) in [5.74, 6) is 0.00744. The van der Waals surface area contributed by atoms with Gasteiger partial charge in [0.25, 0.3) is 0 Å². The molecule has 0 aromatic carbocycles. The van der Waals surface area contributed by atoms with Gasteiger partial charge < -0.3 is 5.32 Å². The van der Waals surface area contributed by atoms with Crippen LogP contribution in [0.5, 0.6) is 0 Å². The van der Waals surface area contributed by atoms with Crippen LogP contribution < -0.4 is 5.32 Å². The summed E-state index contributed by atoms with van der Waals surface area (Å²) in [7, 11) is 0. The van der Waals surface area contributed by atoms with E-state index in [1.165, 1.54) is 11.3 Å². The summed E-state index contributed by atoms with van der Waals surface area (Å²) in [6.45, 7) is 3.89. The first-order chi connectivity index (χ1) is 8.65. The van der Waals surface area contributed by atoms with Gasteiger partial charge in [-0.25, -0.2) is 4.98 Å². The van der Waals surface area contributed by atoms with Gasteiger partial charge in [0.05, 0.1) is 12.1 Å². The molecule has 0 aliphatic heterocycles. The van der Waals surface area contributed by atoms with Gasteiger partial charge in [0.1, 0.15) is 5.01 Å². The molecule has 0 bridgehead atoms. The van der Waals surface area contributed by atoms with Crippen LogP contribution in [0, 0.1) is 0 Å². The van der Waals surface area contributed by atoms with Crippen LogP contribution in [0.25, 0.3) is 10.6 Å². The van der Waals surface area contributed by atoms with Crippen LogP contribution in [0.1, 0.15) is 19.5 Å². The third-order valence-corrected chi connectivity index (χ3v) is 3.19. The van der Waals surface area contributed by atoms with E-state index >= 15 is 0 Å². The Labute approximate surface area is 110 Å². The van der Waals surface area contributed by atoms with Crippen LogP contribution in [-0.4, -0.2) is 21.9 Å². The highest BCUT2D eigenvalue weighted by Crippen LogP contribution is 2.22. The zero-order valence-electron chi connectivity index (χ0n) is 10.4. The van der Waals surface area contributed by atoms with Crippen LogP contribution in [0.4, 0.5) is 0 Å². The third kappa shape index (κ3) is 3.37. The minimum Gasteiger partial charge on any atom is -0.354 e. The SMILES string of the molecule is CC(C)NC(=O)Cc1csc(-c2cccnc2)n1. The lowest BCUT2D eigenvalue weighted by atomic mass is 10.3. The van der Waals surface area contributed by atoms with Crippen LogP contribution in [0.2, 0.25) is 0 Å². The maximum Gasteiger partial charge on any atom is 0.226 e. The van der Waals surface area contributed by atoms with E-state index in [1.807, 2.05) is 31.4 Å². The Balaban J connectivity index is 2.05. The normalized spacial score (nSPS) is 10.6. The standard InChI is InChI=1S/C13H15N3OS/c1-9(2)15-12(17)6-11-8-18-13(16-11)10-4-3-5-14-7-10/h3-5,7-9H,6H2,1-2H3,(H,15,17). The Morgan fingerprint density at radius 1 is 1.50 bits per heavy atom. The maximum atomic E-state index is 11.6. The number of hydrogen-bond donors (Lipinski definition) is 1. The zero-order valence-corrected chi connectivity index (χ0v) is 11.2. The molecule has 0 spiro atoms. The van der Waals surface area contributed by atoms with Crippen LogP contribution >= 0.6 is 11.3 Å². The van der Waals surface area contributed by atoms with Crippen LogP contribution in [0.3, 0.4) is 0 Å². The second kappa shape index (κ2) is 5.73. The molecule has 94 valence electrons. The molecule has 1 N–H and O–H groups in total. The zero-order chi connectivity index (χ0) is 13.0. The Bertz CT molecular complexity index is 522. The molecule has 0 unspecified atom stereocenters. The Kier molecular flexibility index (Phi) is 4.04. The molecule has 2 aromatic heterocycles. The van der Waals surface area contributed by atoms with E-state index in [-0.39, 0.29) is 11.9 Å². The fourth-order valence-corrected chi connectivity index (χ4v) is 2.36. The maximum absolute atomic E-state index is 11.6. The van der Waals surface area contributed by atoms with Crippen molar-refractivity contribution >= 4 is 17.2 Å². The van der Waals surface area contributed by atoms with Crippen molar-refractivity contribution in [2.75, 3.05) is 0 Å². The minimum absolute atomic E-state index is 0.00744. The number of hydrogen-bond acceptors (Lipinski definition) is 4. The van der Waals surface area contributed by atoms with E-state index in [0.29, 0.717) is 6.42 Å². The average molecular weight is 261 g/mol. The summed E-state index contributed by atoms with van der Waals surface area (Å²) < 4.78 is 0. The van der Waals surface area contributed by atoms with Crippen molar-refractivity contribution in [3.05, 3.63) is 35.6 Å². The number of carbonyl (C=O) groups excluding carboxylic acids is 1. The number of nitrogens with one attached hydrogen (secondary N) is 1. The monoisotopic (exact) mass is 261 g/mol. The van der Waals surface area contributed by atoms with Gasteiger partial charge >= 0.3 is 0 Å². The minimum atomic E-state index is 0.00744. The number of nitrogens with zero attached hydrogens (tertiary/aromatic N) is 2. The fourth-order valence-electron chi connectivity index (χ4n) is 1.55. The molecule has 2 heterocycles. The van der Waals surface area contributed by atoms with Crippen molar-refractivity contribution in [3.8, 4) is 10.6 Å². The lowest BCUT2D eigenvalue weighted by Gasteiger charge is -2.06. The Hall–Kier alpha value is -1.75. The summed E-state index contributed by atoms with van der Waals surface area (Å²) in [5.41, 5.74) is 1.79. The number of amides is 1. The van der Waals surface area contributed by atoms with Crippen molar-refractivity contribution in [3.63, 3.8) is 0 Å². The Morgan fingerprint density at radius 2 is 2.33 bits per heavy atom. The van der Waals surface area contributed by atoms with E-state index in [4.69, 9.17) is 0 Å². The first-order valence-electron chi connectivity index (χ1n) is 5.79. The number of pyridine rings is 1. The summed E-state index contributed by atoms with van der Waals surface area (Å²) in [5, 5.41) is 5.67. The molecule has 0 aliphatic rings. The highest BCUT2D eigenvalue weighted by atomic mass is 32.1. The van der Waals surface area contributed by atoms with Gasteiger partial charge in [-0.3, -0.25) is 9.78 Å². The van der Waals surface area contributed by atoms with Crippen molar-refractivity contribution in [2.45, 2.75) is 26.3 Å². The van der Waals surface area contributed by atoms with E-state index in [1.54, 1.807) is 12.4 Å². The second-order valence-corrected chi connectivity index (χ2v) is 5.14. The number of rotatable bonds is 4. The molecule has 18 heavy (non-hydrogen) atoms. The average Bonchev–Trinajstić information content (AvgIpc) is 2.77. The summed E-state index contributed by atoms with van der Waals surface area (Å²) in [6.07, 6.45) is 3.83. The molecule has 4 nitrogen and oxygen atoms in total. The predicted molar refractivity (Wildman–Crippen MR) is 72.3 cm³/mol. The van der Waals surface area contributed by atoms with Crippen LogP contribution in [-0.2, 0) is 11.2 Å². The van der Waals surface area contributed by atoms with Crippen molar-refractivity contribution in [1.29, 1.82) is 0 Å². The molecular formula is C13H15N3OS. The van der Waals surface area contributed by atoms with Gasteiger partial charge in [-0.05, 0) is 26.0 Å². The molecule has 0 atom stereocenters. The molecule has 2 rings (SSSR count). The largest absolute Gasteiger partial charge is 0.354 e. The van der Waals surface area contributed by atoms with E-state index < -0.39 is 0 Å². The van der Waals surface area contributed by atoms with Crippen molar-refractivity contribution in [1.82, 2.24) is 15.3 Å². The van der Waals surface area contributed by atoms with Gasteiger partial charge in [-0.2, -0.15) is 0 Å². The van der Waals surface area contributed by atoms with Gasteiger partial charge in [0, 0.05) is 29.4 Å². The molecule has 0 aliphatic carbocycles. The highest BCUT2D eigenvalue weighted by molar-refractivity contribution is 7.13. The molecule has 0 saturated heterocycles. The topological polar surface area (TPSA) is 54.9 Å². The van der Waals surface area contributed by atoms with Gasteiger partial charge in [-0.1, -0.05) is 0 Å². The lowest BCUT2D eigenvalue weighted by molar-refractivity contribution is -0.120. The number of carbonyl (C=O) groups is 1. The van der Waals surface area contributed by atoms with Gasteiger partial charge in [0.2, 0.25) is 5.91 Å². The first-order valence-corrected chi connectivity index (χ1v) is 6.67. The molecule has 0 saturated carbocycles. The predicted octanol–water partition coefficient (Wildman–Crippen LogP) is 2.27. The van der Waals surface area contributed by atoms with E-state index in [2.05, 4.69) is 15.3 Å². The van der Waals surface area contributed by atoms with Gasteiger partial charge in [-0.15, -0.1) is 11.3 Å².